The van der Waals surface area contributed by atoms with Gasteiger partial charge in [-0.25, -0.2) is 4.79 Å². The molecule has 5 nitrogen and oxygen atoms in total. The van der Waals surface area contributed by atoms with E-state index in [-0.39, 0.29) is 29.0 Å². The zero-order chi connectivity index (χ0) is 24.4. The number of hydrogen-bond acceptors (Lipinski definition) is 5. The Hall–Kier alpha value is -1.43. The first-order valence-corrected chi connectivity index (χ1v) is 14.0. The smallest absolute Gasteiger partial charge is 0.338 e. The second-order valence-corrected chi connectivity index (χ2v) is 12.9. The van der Waals surface area contributed by atoms with Crippen molar-refractivity contribution < 1.29 is 24.1 Å². The van der Waals surface area contributed by atoms with Crippen LogP contribution in [0.25, 0.3) is 0 Å². The van der Waals surface area contributed by atoms with Gasteiger partial charge in [-0.2, -0.15) is 0 Å². The average Bonchev–Trinajstić information content (AvgIpc) is 3.44. The van der Waals surface area contributed by atoms with Crippen molar-refractivity contribution in [2.75, 3.05) is 13.2 Å². The molecule has 1 saturated heterocycles. The van der Waals surface area contributed by atoms with E-state index in [0.29, 0.717) is 48.4 Å². The molecule has 9 atom stereocenters. The van der Waals surface area contributed by atoms with Gasteiger partial charge in [0.05, 0.1) is 24.9 Å². The number of aliphatic hydroxyl groups is 1. The van der Waals surface area contributed by atoms with Crippen LogP contribution in [0.1, 0.15) is 82.5 Å². The van der Waals surface area contributed by atoms with Crippen molar-refractivity contribution in [1.29, 1.82) is 0 Å². The summed E-state index contributed by atoms with van der Waals surface area (Å²) in [6.07, 6.45) is 8.04. The van der Waals surface area contributed by atoms with Crippen LogP contribution in [0.4, 0.5) is 0 Å². The normalized spacial score (nSPS) is 46.3. The minimum Gasteiger partial charge on any atom is -0.459 e. The van der Waals surface area contributed by atoms with Crippen LogP contribution in [0.5, 0.6) is 0 Å². The van der Waals surface area contributed by atoms with Crippen LogP contribution < -0.4 is 0 Å². The van der Waals surface area contributed by atoms with Gasteiger partial charge in [-0.15, -0.1) is 0 Å². The fraction of sp³-hybridized carbons (Fsp3) is 0.767. The van der Waals surface area contributed by atoms with E-state index in [0.717, 1.165) is 32.1 Å². The largest absolute Gasteiger partial charge is 0.459 e. The summed E-state index contributed by atoms with van der Waals surface area (Å²) in [7, 11) is 0. The molecule has 5 aliphatic rings. The van der Waals surface area contributed by atoms with Gasteiger partial charge in [0.25, 0.3) is 0 Å². The molecule has 1 aromatic carbocycles. The topological polar surface area (TPSA) is 65.0 Å². The van der Waals surface area contributed by atoms with E-state index in [1.807, 2.05) is 30.3 Å². The third-order valence-corrected chi connectivity index (χ3v) is 11.4. The molecule has 35 heavy (non-hydrogen) atoms. The van der Waals surface area contributed by atoms with Gasteiger partial charge < -0.3 is 19.3 Å². The van der Waals surface area contributed by atoms with E-state index in [4.69, 9.17) is 14.2 Å². The SMILES string of the molecule is CC1(C2CCC3C4C(CC[C@@]32C)[C@@]2(C)CC[C@H](OC(=O)c3ccccc3)CC2C[C@H]4O)OCCO1. The molecule has 5 unspecified atom stereocenters. The minimum absolute atomic E-state index is 0.0501. The fourth-order valence-corrected chi connectivity index (χ4v) is 9.68. The van der Waals surface area contributed by atoms with Gasteiger partial charge in [0.15, 0.2) is 5.79 Å². The summed E-state index contributed by atoms with van der Waals surface area (Å²) in [5.41, 5.74) is 0.992. The first kappa shape index (κ1) is 23.9. The van der Waals surface area contributed by atoms with E-state index in [1.165, 1.54) is 19.3 Å². The number of carbonyl (C=O) groups excluding carboxylic acids is 1. The van der Waals surface area contributed by atoms with Crippen molar-refractivity contribution in [2.45, 2.75) is 90.1 Å². The third kappa shape index (κ3) is 3.71. The Morgan fingerprint density at radius 2 is 1.60 bits per heavy atom. The predicted octanol–water partition coefficient (Wildman–Crippen LogP) is 5.60. The lowest BCUT2D eigenvalue weighted by Gasteiger charge is -2.62. The molecule has 6 rings (SSSR count). The summed E-state index contributed by atoms with van der Waals surface area (Å²) in [4.78, 5) is 12.7. The Morgan fingerprint density at radius 3 is 2.34 bits per heavy atom. The third-order valence-electron chi connectivity index (χ3n) is 11.4. The summed E-state index contributed by atoms with van der Waals surface area (Å²) in [6, 6.07) is 9.31. The number of benzene rings is 1. The molecule has 1 N–H and O–H groups in total. The van der Waals surface area contributed by atoms with Crippen LogP contribution in [0.3, 0.4) is 0 Å². The first-order chi connectivity index (χ1) is 16.7. The molecule has 1 aromatic rings. The first-order valence-electron chi connectivity index (χ1n) is 14.0. The van der Waals surface area contributed by atoms with E-state index >= 15 is 0 Å². The molecule has 1 heterocycles. The van der Waals surface area contributed by atoms with Crippen LogP contribution in [0.15, 0.2) is 30.3 Å². The van der Waals surface area contributed by atoms with E-state index < -0.39 is 5.79 Å². The van der Waals surface area contributed by atoms with E-state index in [2.05, 4.69) is 20.8 Å². The van der Waals surface area contributed by atoms with Crippen LogP contribution in [0.2, 0.25) is 0 Å². The molecule has 0 aromatic heterocycles. The summed E-state index contributed by atoms with van der Waals surface area (Å²) in [5, 5.41) is 11.6. The molecule has 4 aliphatic carbocycles. The number of aliphatic hydroxyl groups excluding tert-OH is 1. The zero-order valence-electron chi connectivity index (χ0n) is 21.6. The highest BCUT2D eigenvalue weighted by Crippen LogP contribution is 2.69. The van der Waals surface area contributed by atoms with E-state index in [9.17, 15) is 9.90 Å². The highest BCUT2D eigenvalue weighted by atomic mass is 16.7. The highest BCUT2D eigenvalue weighted by Gasteiger charge is 2.65. The lowest BCUT2D eigenvalue weighted by Crippen LogP contribution is -2.59. The van der Waals surface area contributed by atoms with Crippen molar-refractivity contribution in [3.63, 3.8) is 0 Å². The summed E-state index contributed by atoms with van der Waals surface area (Å²) in [5.74, 6) is 1.53. The molecule has 0 amide bonds. The maximum Gasteiger partial charge on any atom is 0.338 e. The van der Waals surface area contributed by atoms with Gasteiger partial charge in [0, 0.05) is 5.92 Å². The van der Waals surface area contributed by atoms with Crippen molar-refractivity contribution in [3.05, 3.63) is 35.9 Å². The second-order valence-electron chi connectivity index (χ2n) is 12.9. The van der Waals surface area contributed by atoms with Crippen LogP contribution >= 0.6 is 0 Å². The van der Waals surface area contributed by atoms with Gasteiger partial charge >= 0.3 is 5.97 Å². The molecule has 1 aliphatic heterocycles. The molecule has 0 spiro atoms. The average molecular weight is 483 g/mol. The maximum absolute atomic E-state index is 12.7. The number of carbonyl (C=O) groups is 1. The van der Waals surface area contributed by atoms with Gasteiger partial charge in [-0.1, -0.05) is 32.0 Å². The Kier molecular flexibility index (Phi) is 5.86. The van der Waals surface area contributed by atoms with E-state index in [1.54, 1.807) is 0 Å². The molecule has 5 fully saturated rings. The van der Waals surface area contributed by atoms with Gasteiger partial charge in [-0.05, 0) is 105 Å². The molecular weight excluding hydrogens is 440 g/mol. The van der Waals surface area contributed by atoms with Crippen molar-refractivity contribution in [3.8, 4) is 0 Å². The zero-order valence-corrected chi connectivity index (χ0v) is 21.6. The standard InChI is InChI=1S/C30H42O5/c1-28-13-11-21(35-27(32)19-7-5-4-6-8-19)17-20(28)18-24(31)26-22-9-10-25(30(3)33-15-16-34-30)29(22,2)14-12-23(26)28/h4-8,20-26,31H,9-18H2,1-3H3/t20?,21-,22?,23?,24+,25?,26?,28-,29-/m0/s1. The minimum atomic E-state index is -0.469. The molecule has 192 valence electrons. The Morgan fingerprint density at radius 1 is 0.914 bits per heavy atom. The quantitative estimate of drug-likeness (QED) is 0.568. The number of fused-ring (bicyclic) bond motifs is 5. The lowest BCUT2D eigenvalue weighted by molar-refractivity contribution is -0.227. The summed E-state index contributed by atoms with van der Waals surface area (Å²) >= 11 is 0. The Balaban J connectivity index is 1.19. The molecule has 5 heteroatoms. The van der Waals surface area contributed by atoms with Gasteiger partial charge in [0.1, 0.15) is 6.10 Å². The Labute approximate surface area is 209 Å². The second kappa shape index (κ2) is 8.56. The van der Waals surface area contributed by atoms with Gasteiger partial charge in [-0.3, -0.25) is 0 Å². The van der Waals surface area contributed by atoms with Crippen molar-refractivity contribution in [1.82, 2.24) is 0 Å². The predicted molar refractivity (Wildman–Crippen MR) is 133 cm³/mol. The number of ether oxygens (including phenoxy) is 3. The fourth-order valence-electron chi connectivity index (χ4n) is 9.68. The molecular formula is C30H42O5. The monoisotopic (exact) mass is 482 g/mol. The summed E-state index contributed by atoms with van der Waals surface area (Å²) < 4.78 is 18.3. The number of rotatable bonds is 3. The maximum atomic E-state index is 12.7. The lowest BCUT2D eigenvalue weighted by atomic mass is 9.44. The van der Waals surface area contributed by atoms with Crippen molar-refractivity contribution in [2.24, 2.45) is 40.4 Å². The van der Waals surface area contributed by atoms with Gasteiger partial charge in [0.2, 0.25) is 0 Å². The van der Waals surface area contributed by atoms with Crippen LogP contribution in [-0.2, 0) is 14.2 Å². The van der Waals surface area contributed by atoms with Crippen LogP contribution in [-0.4, -0.2) is 42.3 Å². The summed E-state index contributed by atoms with van der Waals surface area (Å²) in [6.45, 7) is 8.48. The molecule has 4 saturated carbocycles. The van der Waals surface area contributed by atoms with Crippen LogP contribution in [0, 0.1) is 40.4 Å². The highest BCUT2D eigenvalue weighted by molar-refractivity contribution is 5.89. The molecule has 0 bridgehead atoms. The number of hydrogen-bond donors (Lipinski definition) is 1. The number of esters is 1. The Bertz CT molecular complexity index is 941. The molecule has 0 radical (unpaired) electrons. The van der Waals surface area contributed by atoms with Crippen molar-refractivity contribution >= 4 is 5.97 Å².